The van der Waals surface area contributed by atoms with E-state index in [1.54, 1.807) is 36.0 Å². The first-order valence-corrected chi connectivity index (χ1v) is 7.12. The molecule has 0 aliphatic carbocycles. The molecule has 7 heteroatoms. The number of nitrogens with zero attached hydrogens (tertiary/aromatic N) is 2. The van der Waals surface area contributed by atoms with Gasteiger partial charge in [-0.05, 0) is 43.7 Å². The summed E-state index contributed by atoms with van der Waals surface area (Å²) in [6, 6.07) is 6.98. The molecule has 0 aliphatic rings. The van der Waals surface area contributed by atoms with Gasteiger partial charge in [-0.3, -0.25) is 14.3 Å². The van der Waals surface area contributed by atoms with Crippen molar-refractivity contribution in [3.63, 3.8) is 0 Å². The van der Waals surface area contributed by atoms with Gasteiger partial charge < -0.3 is 15.4 Å². The second-order valence-electron chi connectivity index (χ2n) is 5.26. The number of benzene rings is 1. The fraction of sp³-hybridized carbons (Fsp3) is 0.312. The van der Waals surface area contributed by atoms with Crippen molar-refractivity contribution in [3.05, 3.63) is 41.2 Å². The Morgan fingerprint density at radius 1 is 1.22 bits per heavy atom. The van der Waals surface area contributed by atoms with E-state index >= 15 is 0 Å². The zero-order chi connectivity index (χ0) is 17.0. The van der Waals surface area contributed by atoms with Crippen molar-refractivity contribution in [1.29, 1.82) is 0 Å². The fourth-order valence-electron chi connectivity index (χ4n) is 2.07. The standard InChI is InChI=1S/C16H20N4O3/c1-10-7-12(5-6-13(10)18-15(21)9-23-4)17-16(22)14-8-11(2)20(3)19-14/h5-8H,9H2,1-4H3,(H,17,22)(H,18,21). The molecule has 23 heavy (non-hydrogen) atoms. The van der Waals surface area contributed by atoms with E-state index in [1.807, 2.05) is 13.8 Å². The Bertz CT molecular complexity index is 717. The van der Waals surface area contributed by atoms with E-state index in [-0.39, 0.29) is 18.4 Å². The summed E-state index contributed by atoms with van der Waals surface area (Å²) < 4.78 is 6.42. The summed E-state index contributed by atoms with van der Waals surface area (Å²) >= 11 is 0. The van der Waals surface area contributed by atoms with Crippen LogP contribution in [0.1, 0.15) is 21.7 Å². The molecule has 0 spiro atoms. The molecule has 0 saturated heterocycles. The van der Waals surface area contributed by atoms with Gasteiger partial charge in [-0.1, -0.05) is 0 Å². The van der Waals surface area contributed by atoms with Gasteiger partial charge in [-0.25, -0.2) is 0 Å². The van der Waals surface area contributed by atoms with Gasteiger partial charge in [-0.2, -0.15) is 5.10 Å². The maximum atomic E-state index is 12.2. The average molecular weight is 316 g/mol. The van der Waals surface area contributed by atoms with E-state index in [1.165, 1.54) is 7.11 Å². The number of carbonyl (C=O) groups excluding carboxylic acids is 2. The molecule has 0 radical (unpaired) electrons. The van der Waals surface area contributed by atoms with E-state index in [0.29, 0.717) is 17.1 Å². The Hall–Kier alpha value is -2.67. The first-order valence-electron chi connectivity index (χ1n) is 7.12. The quantitative estimate of drug-likeness (QED) is 0.882. The Balaban J connectivity index is 2.08. The Kier molecular flexibility index (Phi) is 5.13. The molecule has 2 N–H and O–H groups in total. The van der Waals surface area contributed by atoms with E-state index in [0.717, 1.165) is 11.3 Å². The molecule has 0 unspecified atom stereocenters. The van der Waals surface area contributed by atoms with E-state index in [2.05, 4.69) is 15.7 Å². The summed E-state index contributed by atoms with van der Waals surface area (Å²) in [6.07, 6.45) is 0. The van der Waals surface area contributed by atoms with Gasteiger partial charge in [0.25, 0.3) is 5.91 Å². The zero-order valence-corrected chi connectivity index (χ0v) is 13.6. The normalized spacial score (nSPS) is 10.4. The van der Waals surface area contributed by atoms with Crippen LogP contribution in [0.4, 0.5) is 11.4 Å². The monoisotopic (exact) mass is 316 g/mol. The summed E-state index contributed by atoms with van der Waals surface area (Å²) in [5.41, 5.74) is 3.42. The highest BCUT2D eigenvalue weighted by Crippen LogP contribution is 2.20. The number of ether oxygens (including phenoxy) is 1. The fourth-order valence-corrected chi connectivity index (χ4v) is 2.07. The number of nitrogens with one attached hydrogen (secondary N) is 2. The smallest absolute Gasteiger partial charge is 0.276 e. The first kappa shape index (κ1) is 16.7. The number of hydrogen-bond acceptors (Lipinski definition) is 4. The van der Waals surface area contributed by atoms with Crippen LogP contribution < -0.4 is 10.6 Å². The van der Waals surface area contributed by atoms with Gasteiger partial charge in [0.15, 0.2) is 5.69 Å². The van der Waals surface area contributed by atoms with Crippen LogP contribution in [0, 0.1) is 13.8 Å². The minimum atomic E-state index is -0.274. The lowest BCUT2D eigenvalue weighted by molar-refractivity contribution is -0.119. The molecule has 2 rings (SSSR count). The molecular weight excluding hydrogens is 296 g/mol. The molecule has 0 fully saturated rings. The molecular formula is C16H20N4O3. The Morgan fingerprint density at radius 3 is 2.52 bits per heavy atom. The highest BCUT2D eigenvalue weighted by molar-refractivity contribution is 6.03. The number of rotatable bonds is 5. The second kappa shape index (κ2) is 7.06. The molecule has 0 atom stereocenters. The summed E-state index contributed by atoms with van der Waals surface area (Å²) in [4.78, 5) is 23.7. The number of methoxy groups -OCH3 is 1. The summed E-state index contributed by atoms with van der Waals surface area (Å²) in [7, 11) is 3.25. The summed E-state index contributed by atoms with van der Waals surface area (Å²) in [5, 5.41) is 9.67. The lowest BCUT2D eigenvalue weighted by atomic mass is 10.1. The number of amides is 2. The highest BCUT2D eigenvalue weighted by Gasteiger charge is 2.12. The third-order valence-electron chi connectivity index (χ3n) is 3.38. The third kappa shape index (κ3) is 4.17. The summed E-state index contributed by atoms with van der Waals surface area (Å²) in [6.45, 7) is 3.73. The van der Waals surface area contributed by atoms with Crippen LogP contribution in [-0.2, 0) is 16.6 Å². The van der Waals surface area contributed by atoms with E-state index in [4.69, 9.17) is 4.74 Å². The van der Waals surface area contributed by atoms with Crippen molar-refractivity contribution in [2.24, 2.45) is 7.05 Å². The van der Waals surface area contributed by atoms with Gasteiger partial charge in [0.05, 0.1) is 0 Å². The Labute approximate surface area is 134 Å². The molecule has 1 aromatic heterocycles. The maximum absolute atomic E-state index is 12.2. The van der Waals surface area contributed by atoms with Crippen LogP contribution in [0.15, 0.2) is 24.3 Å². The maximum Gasteiger partial charge on any atom is 0.276 e. The summed E-state index contributed by atoms with van der Waals surface area (Å²) in [5.74, 6) is -0.499. The molecule has 0 bridgehead atoms. The van der Waals surface area contributed by atoms with Crippen LogP contribution in [0.25, 0.3) is 0 Å². The molecule has 2 aromatic rings. The van der Waals surface area contributed by atoms with Gasteiger partial charge in [0.1, 0.15) is 6.61 Å². The number of hydrogen-bond donors (Lipinski definition) is 2. The zero-order valence-electron chi connectivity index (χ0n) is 13.6. The van der Waals surface area contributed by atoms with Gasteiger partial charge in [-0.15, -0.1) is 0 Å². The minimum absolute atomic E-state index is 0.00302. The molecule has 2 amide bonds. The van der Waals surface area contributed by atoms with Gasteiger partial charge in [0.2, 0.25) is 5.91 Å². The SMILES string of the molecule is COCC(=O)Nc1ccc(NC(=O)c2cc(C)n(C)n2)cc1C. The van der Waals surface area contributed by atoms with Crippen LogP contribution in [0.2, 0.25) is 0 Å². The van der Waals surface area contributed by atoms with Crippen molar-refractivity contribution in [1.82, 2.24) is 9.78 Å². The highest BCUT2D eigenvalue weighted by atomic mass is 16.5. The number of carbonyl (C=O) groups is 2. The minimum Gasteiger partial charge on any atom is -0.375 e. The second-order valence-corrected chi connectivity index (χ2v) is 5.26. The predicted octanol–water partition coefficient (Wildman–Crippen LogP) is 1.87. The number of aryl methyl sites for hydroxylation is 3. The third-order valence-corrected chi connectivity index (χ3v) is 3.38. The van der Waals surface area contributed by atoms with E-state index < -0.39 is 0 Å². The Morgan fingerprint density at radius 2 is 1.96 bits per heavy atom. The van der Waals surface area contributed by atoms with E-state index in [9.17, 15) is 9.59 Å². The van der Waals surface area contributed by atoms with Crippen LogP contribution in [-0.4, -0.2) is 35.3 Å². The first-order chi connectivity index (χ1) is 10.9. The van der Waals surface area contributed by atoms with Crippen LogP contribution in [0.3, 0.4) is 0 Å². The van der Waals surface area contributed by atoms with Crippen molar-refractivity contribution < 1.29 is 14.3 Å². The molecule has 0 aliphatic heterocycles. The van der Waals surface area contributed by atoms with Crippen LogP contribution >= 0.6 is 0 Å². The lowest BCUT2D eigenvalue weighted by Crippen LogP contribution is -2.18. The van der Waals surface area contributed by atoms with Crippen LogP contribution in [0.5, 0.6) is 0 Å². The number of anilines is 2. The molecule has 1 heterocycles. The molecule has 122 valence electrons. The van der Waals surface area contributed by atoms with Gasteiger partial charge in [0, 0.05) is 31.2 Å². The van der Waals surface area contributed by atoms with Gasteiger partial charge >= 0.3 is 0 Å². The average Bonchev–Trinajstić information content (AvgIpc) is 2.82. The number of aromatic nitrogens is 2. The molecule has 7 nitrogen and oxygen atoms in total. The lowest BCUT2D eigenvalue weighted by Gasteiger charge is -2.10. The molecule has 1 aromatic carbocycles. The molecule has 0 saturated carbocycles. The van der Waals surface area contributed by atoms with Crippen molar-refractivity contribution in [2.75, 3.05) is 24.4 Å². The van der Waals surface area contributed by atoms with Crippen molar-refractivity contribution in [2.45, 2.75) is 13.8 Å². The van der Waals surface area contributed by atoms with Crippen molar-refractivity contribution >= 4 is 23.2 Å². The topological polar surface area (TPSA) is 85.3 Å². The van der Waals surface area contributed by atoms with Crippen molar-refractivity contribution in [3.8, 4) is 0 Å². The largest absolute Gasteiger partial charge is 0.375 e. The predicted molar refractivity (Wildman–Crippen MR) is 87.6 cm³/mol.